The van der Waals surface area contributed by atoms with Gasteiger partial charge in [-0.2, -0.15) is 132 Å². The topological polar surface area (TPSA) is 0 Å². The van der Waals surface area contributed by atoms with Gasteiger partial charge < -0.3 is 0 Å². The van der Waals surface area contributed by atoms with E-state index in [4.69, 9.17) is 0 Å². The Morgan fingerprint density at radius 1 is 0.237 bits per heavy atom. The summed E-state index contributed by atoms with van der Waals surface area (Å²) in [5, 5.41) is 0. The summed E-state index contributed by atoms with van der Waals surface area (Å²) >= 11 is 0. The first kappa shape index (κ1) is 161. The molecule has 0 saturated heterocycles. The summed E-state index contributed by atoms with van der Waals surface area (Å²) in [6.45, 7) is 105. The number of rotatable bonds is 19. The molecule has 0 aromatic heterocycles. The highest BCUT2D eigenvalue weighted by Gasteiger charge is 2.56. The third kappa shape index (κ3) is 72.8. The molecule has 836 valence electrons. The molecule has 0 radical (unpaired) electrons. The first-order valence-corrected chi connectivity index (χ1v) is 48.2. The molecule has 0 rings (SSSR count). The van der Waals surface area contributed by atoms with Crippen molar-refractivity contribution in [3.05, 3.63) is 0 Å². The maximum Gasteiger partial charge on any atom is 0.394 e. The van der Waals surface area contributed by atoms with Gasteiger partial charge in [0, 0.05) is 12.8 Å². The third-order valence-electron chi connectivity index (χ3n) is 30.6. The van der Waals surface area contributed by atoms with Crippen LogP contribution < -0.4 is 0 Å². The van der Waals surface area contributed by atoms with Gasteiger partial charge in [0.05, 0.1) is 45.3 Å². The van der Waals surface area contributed by atoms with Crippen LogP contribution >= 0.6 is 0 Å². The van der Waals surface area contributed by atoms with Crippen LogP contribution in [0.2, 0.25) is 0 Å². The molecule has 0 spiro atoms. The summed E-state index contributed by atoms with van der Waals surface area (Å²) in [7, 11) is 0. The molecule has 135 heavy (non-hydrogen) atoms. The van der Waals surface area contributed by atoms with Gasteiger partial charge in [-0.3, -0.25) is 0 Å². The highest BCUT2D eigenvalue weighted by molar-refractivity contribution is 4.91. The van der Waals surface area contributed by atoms with Gasteiger partial charge in [-0.25, -0.2) is 0 Å². The van der Waals surface area contributed by atoms with Gasteiger partial charge in [-0.1, -0.05) is 434 Å². The van der Waals surface area contributed by atoms with Crippen LogP contribution in [0.4, 0.5) is 132 Å². The van der Waals surface area contributed by atoms with Crippen LogP contribution in [0.25, 0.3) is 0 Å². The number of halogens is 30. The number of alkyl halides is 30. The zero-order valence-electron chi connectivity index (χ0n) is 95.7. The van der Waals surface area contributed by atoms with E-state index in [1.54, 1.807) is 125 Å². The van der Waals surface area contributed by atoms with Gasteiger partial charge in [0.2, 0.25) is 0 Å². The summed E-state index contributed by atoms with van der Waals surface area (Å²) in [6.07, 6.45) is -38.7. The Morgan fingerprint density at radius 2 is 0.519 bits per heavy atom. The fraction of sp³-hybridized carbons (Fsp3) is 1.00. The van der Waals surface area contributed by atoms with Gasteiger partial charge in [0.15, 0.2) is 0 Å². The Labute approximate surface area is 808 Å². The van der Waals surface area contributed by atoms with Gasteiger partial charge in [0.25, 0.3) is 0 Å². The lowest BCUT2D eigenvalue weighted by Gasteiger charge is -2.42. The van der Waals surface area contributed by atoms with Gasteiger partial charge in [0.1, 0.15) is 0 Å². The van der Waals surface area contributed by atoms with Gasteiger partial charge in [-0.15, -0.1) is 0 Å². The average Bonchev–Trinajstić information content (AvgIpc) is 0.791. The van der Waals surface area contributed by atoms with Crippen molar-refractivity contribution >= 4 is 0 Å². The normalized spacial score (nSPS) is 15.8. The molecule has 0 saturated carbocycles. The van der Waals surface area contributed by atoms with Crippen LogP contribution in [0, 0.1) is 165 Å². The number of hydrogen-bond acceptors (Lipinski definition) is 0. The highest BCUT2D eigenvalue weighted by Crippen LogP contribution is 2.53. The smallest absolute Gasteiger partial charge is 0.171 e. The molecule has 0 heterocycles. The Bertz CT molecular complexity index is 2770. The van der Waals surface area contributed by atoms with E-state index < -0.39 is 142 Å². The molecule has 9 atom stereocenters. The van der Waals surface area contributed by atoms with E-state index in [0.717, 1.165) is 17.8 Å². The third-order valence-corrected chi connectivity index (χ3v) is 30.6. The SMILES string of the molecule is CC(C)(C)C(C)(C)C.CC(C)(C)C(C)(C)C(F)(F)F.CC(C)C(C)(C)C(C)(C)C.CC(C)C(C)(C)C(C)C(F)(F)F.CC(C)C(C)(C)C(F)(F)F.CC(C)[C@@H](C)C(C)(C)C.CC(C)[C@@H](C)C(C)C(F)(F)F.CC(C)[C@@H](C)C(C)C(F)(F)F.CCC(C)(C)CC(F)(F)F.CCC(C)[C@@H](C)C(F)(F)F.CCC(CC)CC(F)(F)F.CCCC(C)(C)C(F)(F)F.C[C@H](C(C)(C)C)C(C)(C)C(F)(F)F. The van der Waals surface area contributed by atoms with Crippen LogP contribution in [-0.4, -0.2) is 61.8 Å². The fourth-order valence-corrected chi connectivity index (χ4v) is 9.63. The second-order valence-electron chi connectivity index (χ2n) is 49.8. The quantitative estimate of drug-likeness (QED) is 0.113. The van der Waals surface area contributed by atoms with Crippen molar-refractivity contribution < 1.29 is 132 Å². The second-order valence-corrected chi connectivity index (χ2v) is 49.8. The monoisotopic (exact) mass is 2040 g/mol. The Kier molecular flexibility index (Phi) is 73.1. The van der Waals surface area contributed by atoms with Crippen molar-refractivity contribution in [2.24, 2.45) is 165 Å². The molecular weight excluding hydrogens is 1830 g/mol. The minimum Gasteiger partial charge on any atom is -0.171 e. The Hall–Kier alpha value is -2.10. The maximum absolute atomic E-state index is 12.6. The predicted octanol–water partition coefficient (Wildman–Crippen LogP) is 45.4. The first-order chi connectivity index (χ1) is 57.5. The molecule has 0 aromatic carbocycles. The van der Waals surface area contributed by atoms with Gasteiger partial charge >= 0.3 is 61.8 Å². The van der Waals surface area contributed by atoms with E-state index in [-0.39, 0.29) is 59.2 Å². The van der Waals surface area contributed by atoms with Crippen LogP contribution in [0.3, 0.4) is 0 Å². The summed E-state index contributed by atoms with van der Waals surface area (Å²) in [4.78, 5) is 0. The molecule has 0 fully saturated rings. The zero-order chi connectivity index (χ0) is 114. The van der Waals surface area contributed by atoms with E-state index in [1.807, 2.05) is 62.3 Å². The Morgan fingerprint density at radius 3 is 0.570 bits per heavy atom. The number of hydrogen-bond donors (Lipinski definition) is 0. The van der Waals surface area contributed by atoms with Crippen molar-refractivity contribution in [3.63, 3.8) is 0 Å². The molecule has 4 unspecified atom stereocenters. The van der Waals surface area contributed by atoms with Crippen molar-refractivity contribution in [1.29, 1.82) is 0 Å². The highest BCUT2D eigenvalue weighted by atomic mass is 19.4. The van der Waals surface area contributed by atoms with Crippen molar-refractivity contribution in [3.8, 4) is 0 Å². The molecule has 0 aromatic rings. The van der Waals surface area contributed by atoms with E-state index in [1.165, 1.54) is 83.1 Å². The largest absolute Gasteiger partial charge is 0.394 e. The average molecular weight is 2040 g/mol. The summed E-state index contributed by atoms with van der Waals surface area (Å²) in [6, 6.07) is 0. The summed E-state index contributed by atoms with van der Waals surface area (Å²) in [5.41, 5.74) is -6.46. The Balaban J connectivity index is -0.000000109. The first-order valence-electron chi connectivity index (χ1n) is 48.2. The van der Waals surface area contributed by atoms with Crippen LogP contribution in [0.1, 0.15) is 453 Å². The minimum atomic E-state index is -4.13. The molecule has 0 aliphatic rings. The minimum absolute atomic E-state index is 0.0362. The van der Waals surface area contributed by atoms with Crippen molar-refractivity contribution in [2.45, 2.75) is 515 Å². The van der Waals surface area contributed by atoms with Crippen LogP contribution in [0.5, 0.6) is 0 Å². The summed E-state index contributed by atoms with van der Waals surface area (Å²) < 4.78 is 362. The molecule has 0 bridgehead atoms. The van der Waals surface area contributed by atoms with E-state index in [9.17, 15) is 132 Å². The molecule has 0 N–H and O–H groups in total. The predicted molar refractivity (Wildman–Crippen MR) is 514 cm³/mol. The lowest BCUT2D eigenvalue weighted by molar-refractivity contribution is -0.243. The molecule has 30 heteroatoms. The lowest BCUT2D eigenvalue weighted by atomic mass is 9.63. The molecule has 0 aliphatic heterocycles. The summed E-state index contributed by atoms with van der Waals surface area (Å²) in [5.74, 6) is -4.01. The van der Waals surface area contributed by atoms with Crippen molar-refractivity contribution in [1.82, 2.24) is 0 Å². The van der Waals surface area contributed by atoms with Gasteiger partial charge in [-0.05, 0) is 126 Å². The standard InChI is InChI=1S/C10H19F3.C10H22.C9H17F3.C9H20.3C8H15F3.C8H18.5C7H13F3/c1-7(8(2,3)4)9(5,6)10(11,12)13;1-8(2)10(6,7)9(3,4)5;1-6(2)8(4,5)7(3)9(10,11)12;1-7(2)8(3)9(4,5)6;1-6(2,3)7(4,5)8(9,10)11;2*1-5(2)6(3)7(4)8(9,10)11;1-7(2,3)8(4,5)6;1-5(2)6(3,4)7(8,9)10;1-4-6(2,3)5-7(8,9)10;1-4-5-6(2,3)7(8,9)10;1-4-5(2)6(3)7(8,9)10;1-3-6(4-2)5-7(8,9)10/h7H,1-6H3;8H,1-7H3;6-7H,1-5H3;7-8H,1-6H3;1-5H3;2*5-7H,1-4H3;1-6H3;5H,1-4H3;2*4-5H2,1-3H3;5-6H,4H2,1-3H3;6H,3-5H2,1-2H3/t7-;;;8-;;2*6-,7?;;;;;5?,6-;/m1..1.11....1./s1. The molecule has 0 amide bonds. The molecule has 0 aliphatic carbocycles. The van der Waals surface area contributed by atoms with E-state index in [2.05, 4.69) is 132 Å². The van der Waals surface area contributed by atoms with E-state index >= 15 is 0 Å². The zero-order valence-corrected chi connectivity index (χ0v) is 95.7. The van der Waals surface area contributed by atoms with Crippen LogP contribution in [0.15, 0.2) is 0 Å². The molecule has 0 nitrogen and oxygen atoms in total. The van der Waals surface area contributed by atoms with Crippen molar-refractivity contribution in [2.75, 3.05) is 0 Å². The van der Waals surface area contributed by atoms with Crippen LogP contribution in [-0.2, 0) is 0 Å². The maximum atomic E-state index is 12.6. The second kappa shape index (κ2) is 61.4. The molecular formula is C105H206F30. The lowest BCUT2D eigenvalue weighted by Crippen LogP contribution is -2.43. The fourth-order valence-electron chi connectivity index (χ4n) is 9.63. The van der Waals surface area contributed by atoms with E-state index in [0.29, 0.717) is 59.2 Å².